The molecule has 5 heteroatoms. The van der Waals surface area contributed by atoms with Gasteiger partial charge in [0.25, 0.3) is 0 Å². The first-order chi connectivity index (χ1) is 10.2. The van der Waals surface area contributed by atoms with Gasteiger partial charge < -0.3 is 15.4 Å². The van der Waals surface area contributed by atoms with Gasteiger partial charge >= 0.3 is 5.97 Å². The Balaban J connectivity index is 1.93. The largest absolute Gasteiger partial charge is 0.469 e. The quantitative estimate of drug-likeness (QED) is 0.654. The van der Waals surface area contributed by atoms with Crippen molar-refractivity contribution in [2.45, 2.75) is 6.42 Å². The maximum absolute atomic E-state index is 11.5. The number of hydrogen-bond donors (Lipinski definition) is 2. The number of ether oxygens (including phenoxy) is 1. The number of carbonyl (C=O) groups is 2. The molecule has 0 radical (unpaired) electrons. The highest BCUT2D eigenvalue weighted by Gasteiger charge is 2.09. The van der Waals surface area contributed by atoms with E-state index in [0.29, 0.717) is 5.69 Å². The van der Waals surface area contributed by atoms with E-state index >= 15 is 0 Å². The van der Waals surface area contributed by atoms with Crippen LogP contribution in [0.4, 0.5) is 17.1 Å². The molecule has 2 aromatic rings. The van der Waals surface area contributed by atoms with Gasteiger partial charge in [-0.2, -0.15) is 0 Å². The summed E-state index contributed by atoms with van der Waals surface area (Å²) < 4.78 is 4.43. The first-order valence-corrected chi connectivity index (χ1v) is 6.46. The molecule has 0 saturated heterocycles. The normalized spacial score (nSPS) is 9.76. The summed E-state index contributed by atoms with van der Waals surface area (Å²) in [6.07, 6.45) is -0.291. The molecule has 5 nitrogen and oxygen atoms in total. The molecule has 0 unspecified atom stereocenters. The average molecular weight is 284 g/mol. The van der Waals surface area contributed by atoms with Gasteiger partial charge in [-0.1, -0.05) is 18.2 Å². The van der Waals surface area contributed by atoms with Gasteiger partial charge in [0.1, 0.15) is 6.42 Å². The number of anilines is 3. The van der Waals surface area contributed by atoms with Crippen molar-refractivity contribution in [3.8, 4) is 0 Å². The van der Waals surface area contributed by atoms with Crippen LogP contribution in [0.15, 0.2) is 54.6 Å². The highest BCUT2D eigenvalue weighted by atomic mass is 16.5. The van der Waals surface area contributed by atoms with Crippen molar-refractivity contribution in [3.05, 3.63) is 54.6 Å². The number of carbonyl (C=O) groups excluding carboxylic acids is 2. The number of amides is 1. The molecule has 2 aromatic carbocycles. The number of para-hydroxylation sites is 1. The van der Waals surface area contributed by atoms with Gasteiger partial charge in [-0.15, -0.1) is 0 Å². The van der Waals surface area contributed by atoms with Crippen molar-refractivity contribution in [2.24, 2.45) is 0 Å². The van der Waals surface area contributed by atoms with Gasteiger partial charge in [-0.3, -0.25) is 9.59 Å². The van der Waals surface area contributed by atoms with Crippen LogP contribution in [-0.2, 0) is 14.3 Å². The molecule has 0 heterocycles. The monoisotopic (exact) mass is 284 g/mol. The molecule has 0 atom stereocenters. The Labute approximate surface area is 122 Å². The van der Waals surface area contributed by atoms with E-state index in [1.54, 1.807) is 12.1 Å². The van der Waals surface area contributed by atoms with Crippen LogP contribution < -0.4 is 10.6 Å². The molecule has 0 aromatic heterocycles. The minimum Gasteiger partial charge on any atom is -0.469 e. The molecule has 2 N–H and O–H groups in total. The maximum Gasteiger partial charge on any atom is 0.315 e. The zero-order chi connectivity index (χ0) is 15.1. The first kappa shape index (κ1) is 14.6. The van der Waals surface area contributed by atoms with Crippen LogP contribution in [0, 0.1) is 0 Å². The second-order valence-corrected chi connectivity index (χ2v) is 4.37. The van der Waals surface area contributed by atoms with E-state index in [1.807, 2.05) is 42.5 Å². The van der Waals surface area contributed by atoms with Crippen LogP contribution in [0.3, 0.4) is 0 Å². The Morgan fingerprint density at radius 1 is 0.905 bits per heavy atom. The molecule has 0 fully saturated rings. The summed E-state index contributed by atoms with van der Waals surface area (Å²) in [5.41, 5.74) is 2.52. The van der Waals surface area contributed by atoms with Crippen molar-refractivity contribution in [2.75, 3.05) is 17.7 Å². The third-order valence-corrected chi connectivity index (χ3v) is 2.76. The van der Waals surface area contributed by atoms with E-state index in [4.69, 9.17) is 0 Å². The standard InChI is InChI=1S/C16H16N2O3/c1-21-16(20)11-15(19)18-14-9-7-13(8-10-14)17-12-5-3-2-4-6-12/h2-10,17H,11H2,1H3,(H,18,19). The van der Waals surface area contributed by atoms with Crippen LogP contribution in [0.25, 0.3) is 0 Å². The van der Waals surface area contributed by atoms with E-state index < -0.39 is 11.9 Å². The van der Waals surface area contributed by atoms with E-state index in [2.05, 4.69) is 15.4 Å². The molecule has 0 aliphatic carbocycles. The topological polar surface area (TPSA) is 67.4 Å². The molecule has 21 heavy (non-hydrogen) atoms. The zero-order valence-corrected chi connectivity index (χ0v) is 11.6. The summed E-state index contributed by atoms with van der Waals surface area (Å²) in [5.74, 6) is -0.958. The van der Waals surface area contributed by atoms with Crippen molar-refractivity contribution in [1.29, 1.82) is 0 Å². The van der Waals surface area contributed by atoms with Crippen LogP contribution in [0.5, 0.6) is 0 Å². The fourth-order valence-electron chi connectivity index (χ4n) is 1.73. The van der Waals surface area contributed by atoms with Gasteiger partial charge in [0.05, 0.1) is 7.11 Å². The lowest BCUT2D eigenvalue weighted by atomic mass is 10.2. The second kappa shape index (κ2) is 7.09. The Bertz CT molecular complexity index is 609. The third kappa shape index (κ3) is 4.65. The van der Waals surface area contributed by atoms with Crippen LogP contribution in [0.1, 0.15) is 6.42 Å². The maximum atomic E-state index is 11.5. The van der Waals surface area contributed by atoms with Crippen LogP contribution in [0.2, 0.25) is 0 Å². The minimum absolute atomic E-state index is 0.291. The van der Waals surface area contributed by atoms with Crippen molar-refractivity contribution >= 4 is 28.9 Å². The van der Waals surface area contributed by atoms with E-state index in [0.717, 1.165) is 11.4 Å². The van der Waals surface area contributed by atoms with Crippen molar-refractivity contribution in [3.63, 3.8) is 0 Å². The predicted octanol–water partition coefficient (Wildman–Crippen LogP) is 2.93. The van der Waals surface area contributed by atoms with Gasteiger partial charge in [0, 0.05) is 17.1 Å². The molecular weight excluding hydrogens is 268 g/mol. The lowest BCUT2D eigenvalue weighted by molar-refractivity contribution is -0.142. The number of hydrogen-bond acceptors (Lipinski definition) is 4. The molecule has 0 spiro atoms. The summed E-state index contributed by atoms with van der Waals surface area (Å²) >= 11 is 0. The summed E-state index contributed by atoms with van der Waals surface area (Å²) in [5, 5.41) is 5.87. The molecule has 1 amide bonds. The second-order valence-electron chi connectivity index (χ2n) is 4.37. The number of rotatable bonds is 5. The summed E-state index contributed by atoms with van der Waals surface area (Å²) in [6, 6.07) is 17.0. The predicted molar refractivity (Wildman–Crippen MR) is 81.4 cm³/mol. The summed E-state index contributed by atoms with van der Waals surface area (Å²) in [7, 11) is 1.25. The molecule has 0 aliphatic rings. The highest BCUT2D eigenvalue weighted by molar-refractivity contribution is 6.01. The average Bonchev–Trinajstić information content (AvgIpc) is 2.50. The van der Waals surface area contributed by atoms with Gasteiger partial charge in [0.2, 0.25) is 5.91 Å². The molecule has 0 saturated carbocycles. The highest BCUT2D eigenvalue weighted by Crippen LogP contribution is 2.18. The third-order valence-electron chi connectivity index (χ3n) is 2.76. The number of nitrogens with one attached hydrogen (secondary N) is 2. The van der Waals surface area contributed by atoms with E-state index in [9.17, 15) is 9.59 Å². The number of esters is 1. The molecule has 2 rings (SSSR count). The number of methoxy groups -OCH3 is 1. The Hall–Kier alpha value is -2.82. The lowest BCUT2D eigenvalue weighted by Crippen LogP contribution is -2.17. The summed E-state index contributed by atoms with van der Waals surface area (Å²) in [6.45, 7) is 0. The molecular formula is C16H16N2O3. The smallest absolute Gasteiger partial charge is 0.315 e. The number of benzene rings is 2. The van der Waals surface area contributed by atoms with Crippen LogP contribution in [-0.4, -0.2) is 19.0 Å². The first-order valence-electron chi connectivity index (χ1n) is 6.46. The fourth-order valence-corrected chi connectivity index (χ4v) is 1.73. The Kier molecular flexibility index (Phi) is 4.93. The zero-order valence-electron chi connectivity index (χ0n) is 11.6. The van der Waals surface area contributed by atoms with Crippen molar-refractivity contribution < 1.29 is 14.3 Å². The lowest BCUT2D eigenvalue weighted by Gasteiger charge is -2.08. The van der Waals surface area contributed by atoms with Crippen LogP contribution >= 0.6 is 0 Å². The Morgan fingerprint density at radius 3 is 2.10 bits per heavy atom. The van der Waals surface area contributed by atoms with E-state index in [-0.39, 0.29) is 6.42 Å². The SMILES string of the molecule is COC(=O)CC(=O)Nc1ccc(Nc2ccccc2)cc1. The minimum atomic E-state index is -0.560. The van der Waals surface area contributed by atoms with Crippen molar-refractivity contribution in [1.82, 2.24) is 0 Å². The molecule has 0 bridgehead atoms. The van der Waals surface area contributed by atoms with Gasteiger partial charge in [-0.25, -0.2) is 0 Å². The summed E-state index contributed by atoms with van der Waals surface area (Å²) in [4.78, 5) is 22.5. The van der Waals surface area contributed by atoms with E-state index in [1.165, 1.54) is 7.11 Å². The Morgan fingerprint density at radius 2 is 1.48 bits per heavy atom. The van der Waals surface area contributed by atoms with Gasteiger partial charge in [0.15, 0.2) is 0 Å². The molecule has 0 aliphatic heterocycles. The fraction of sp³-hybridized carbons (Fsp3) is 0.125. The molecule has 108 valence electrons. The van der Waals surface area contributed by atoms with Gasteiger partial charge in [-0.05, 0) is 36.4 Å².